The van der Waals surface area contributed by atoms with E-state index in [2.05, 4.69) is 53.5 Å². The molecule has 4 rings (SSSR count). The molecule has 96 valence electrons. The lowest BCUT2D eigenvalue weighted by atomic mass is 10.0. The molecular formula is C17H11NOS. The third-order valence-corrected chi connectivity index (χ3v) is 3.94. The van der Waals surface area contributed by atoms with Crippen LogP contribution in [0.4, 0.5) is 0 Å². The Morgan fingerprint density at radius 2 is 1.55 bits per heavy atom. The summed E-state index contributed by atoms with van der Waals surface area (Å²) < 4.78 is 5.75. The highest BCUT2D eigenvalue weighted by Gasteiger charge is 2.02. The Labute approximate surface area is 120 Å². The second-order valence-corrected chi connectivity index (χ2v) is 5.47. The van der Waals surface area contributed by atoms with Crippen LogP contribution in [0.15, 0.2) is 66.2 Å². The van der Waals surface area contributed by atoms with Crippen molar-refractivity contribution in [2.45, 2.75) is 0 Å². The summed E-state index contributed by atoms with van der Waals surface area (Å²) >= 11 is 1.49. The van der Waals surface area contributed by atoms with Gasteiger partial charge in [-0.25, -0.2) is 4.98 Å². The van der Waals surface area contributed by atoms with Gasteiger partial charge in [-0.1, -0.05) is 41.7 Å². The molecule has 0 saturated heterocycles. The van der Waals surface area contributed by atoms with Gasteiger partial charge in [-0.05, 0) is 45.8 Å². The Morgan fingerprint density at radius 3 is 2.30 bits per heavy atom. The highest BCUT2D eigenvalue weighted by atomic mass is 32.1. The Bertz CT molecular complexity index is 884. The van der Waals surface area contributed by atoms with E-state index in [0.717, 1.165) is 5.75 Å². The number of hydrogen-bond acceptors (Lipinski definition) is 3. The lowest BCUT2D eigenvalue weighted by Gasteiger charge is -2.05. The SMILES string of the molecule is c1ccc2cc3cc(Oc4nccs4)ccc3cc2c1. The van der Waals surface area contributed by atoms with Crippen molar-refractivity contribution in [3.63, 3.8) is 0 Å². The van der Waals surface area contributed by atoms with Gasteiger partial charge in [0.2, 0.25) is 0 Å². The van der Waals surface area contributed by atoms with Gasteiger partial charge in [0.25, 0.3) is 5.19 Å². The molecule has 0 fully saturated rings. The lowest BCUT2D eigenvalue weighted by Crippen LogP contribution is -1.83. The monoisotopic (exact) mass is 277 g/mol. The van der Waals surface area contributed by atoms with Crippen molar-refractivity contribution in [3.8, 4) is 10.9 Å². The molecule has 20 heavy (non-hydrogen) atoms. The van der Waals surface area contributed by atoms with Gasteiger partial charge in [-0.2, -0.15) is 0 Å². The summed E-state index contributed by atoms with van der Waals surface area (Å²) in [5.74, 6) is 0.822. The summed E-state index contributed by atoms with van der Waals surface area (Å²) in [7, 11) is 0. The fourth-order valence-electron chi connectivity index (χ4n) is 2.34. The normalized spacial score (nSPS) is 11.0. The summed E-state index contributed by atoms with van der Waals surface area (Å²) in [4.78, 5) is 4.14. The van der Waals surface area contributed by atoms with Crippen molar-refractivity contribution in [1.29, 1.82) is 0 Å². The minimum absolute atomic E-state index is 0.671. The molecule has 0 radical (unpaired) electrons. The largest absolute Gasteiger partial charge is 0.431 e. The average Bonchev–Trinajstić information content (AvgIpc) is 2.98. The summed E-state index contributed by atoms with van der Waals surface area (Å²) in [6.45, 7) is 0. The first-order valence-electron chi connectivity index (χ1n) is 6.38. The molecule has 2 nitrogen and oxygen atoms in total. The first-order chi connectivity index (χ1) is 9.88. The average molecular weight is 277 g/mol. The molecule has 0 N–H and O–H groups in total. The standard InChI is InChI=1S/C17H11NOS/c1-2-4-13-10-15-11-16(19-17-18-7-8-20-17)6-5-14(15)9-12(13)3-1/h1-11H. The lowest BCUT2D eigenvalue weighted by molar-refractivity contribution is 0.479. The fraction of sp³-hybridized carbons (Fsp3) is 0. The summed E-state index contributed by atoms with van der Waals surface area (Å²) in [5, 5.41) is 7.47. The van der Waals surface area contributed by atoms with Gasteiger partial charge >= 0.3 is 0 Å². The first-order valence-corrected chi connectivity index (χ1v) is 7.26. The molecule has 0 saturated carbocycles. The predicted octanol–water partition coefficient (Wildman–Crippen LogP) is 5.24. The molecule has 0 aliphatic heterocycles. The van der Waals surface area contributed by atoms with Crippen molar-refractivity contribution in [3.05, 3.63) is 66.2 Å². The number of nitrogens with zero attached hydrogens (tertiary/aromatic N) is 1. The van der Waals surface area contributed by atoms with Crippen molar-refractivity contribution in [2.75, 3.05) is 0 Å². The van der Waals surface area contributed by atoms with E-state index >= 15 is 0 Å². The number of hydrogen-bond donors (Lipinski definition) is 0. The topological polar surface area (TPSA) is 22.1 Å². The highest BCUT2D eigenvalue weighted by molar-refractivity contribution is 7.11. The summed E-state index contributed by atoms with van der Waals surface area (Å²) in [5.41, 5.74) is 0. The quantitative estimate of drug-likeness (QED) is 0.467. The van der Waals surface area contributed by atoms with Crippen molar-refractivity contribution < 1.29 is 4.74 Å². The minimum atomic E-state index is 0.671. The van der Waals surface area contributed by atoms with Crippen LogP contribution in [0.5, 0.6) is 10.9 Å². The maximum atomic E-state index is 5.75. The molecule has 1 heterocycles. The van der Waals surface area contributed by atoms with E-state index in [9.17, 15) is 0 Å². The number of ether oxygens (including phenoxy) is 1. The smallest absolute Gasteiger partial charge is 0.278 e. The van der Waals surface area contributed by atoms with E-state index in [1.54, 1.807) is 6.20 Å². The molecule has 0 aliphatic rings. The van der Waals surface area contributed by atoms with Crippen LogP contribution >= 0.6 is 11.3 Å². The van der Waals surface area contributed by atoms with Crippen LogP contribution in [0.1, 0.15) is 0 Å². The summed E-state index contributed by atoms with van der Waals surface area (Å²) in [6.07, 6.45) is 1.74. The zero-order valence-corrected chi connectivity index (χ0v) is 11.4. The molecule has 0 spiro atoms. The van der Waals surface area contributed by atoms with Crippen molar-refractivity contribution in [1.82, 2.24) is 4.98 Å². The molecule has 0 atom stereocenters. The maximum Gasteiger partial charge on any atom is 0.278 e. The molecule has 4 aromatic rings. The first kappa shape index (κ1) is 11.4. The molecule has 3 heteroatoms. The molecule has 3 aromatic carbocycles. The van der Waals surface area contributed by atoms with Gasteiger partial charge in [0, 0.05) is 11.6 Å². The minimum Gasteiger partial charge on any atom is -0.431 e. The molecule has 0 aliphatic carbocycles. The summed E-state index contributed by atoms with van der Waals surface area (Å²) in [6, 6.07) is 18.9. The maximum absolute atomic E-state index is 5.75. The number of fused-ring (bicyclic) bond motifs is 2. The molecule has 0 bridgehead atoms. The van der Waals surface area contributed by atoms with Gasteiger partial charge < -0.3 is 4.74 Å². The third kappa shape index (κ3) is 2.02. The highest BCUT2D eigenvalue weighted by Crippen LogP contribution is 2.29. The van der Waals surface area contributed by atoms with E-state index in [-0.39, 0.29) is 0 Å². The van der Waals surface area contributed by atoms with Gasteiger partial charge in [-0.3, -0.25) is 0 Å². The molecule has 0 amide bonds. The van der Waals surface area contributed by atoms with E-state index in [4.69, 9.17) is 4.74 Å². The Kier molecular flexibility index (Phi) is 2.64. The Morgan fingerprint density at radius 1 is 0.800 bits per heavy atom. The Balaban J connectivity index is 1.83. The van der Waals surface area contributed by atoms with Gasteiger partial charge in [0.1, 0.15) is 5.75 Å². The van der Waals surface area contributed by atoms with Gasteiger partial charge in [-0.15, -0.1) is 0 Å². The second kappa shape index (κ2) is 4.62. The molecule has 0 unspecified atom stereocenters. The zero-order chi connectivity index (χ0) is 13.4. The van der Waals surface area contributed by atoms with Gasteiger partial charge in [0.05, 0.1) is 0 Å². The van der Waals surface area contributed by atoms with E-state index in [1.165, 1.54) is 32.9 Å². The van der Waals surface area contributed by atoms with E-state index < -0.39 is 0 Å². The van der Waals surface area contributed by atoms with Crippen LogP contribution in [0.2, 0.25) is 0 Å². The molecular weight excluding hydrogens is 266 g/mol. The predicted molar refractivity (Wildman–Crippen MR) is 83.6 cm³/mol. The number of thiazole rings is 1. The van der Waals surface area contributed by atoms with E-state index in [0.29, 0.717) is 5.19 Å². The number of rotatable bonds is 2. The van der Waals surface area contributed by atoms with Crippen LogP contribution < -0.4 is 4.74 Å². The van der Waals surface area contributed by atoms with E-state index in [1.807, 2.05) is 11.4 Å². The zero-order valence-electron chi connectivity index (χ0n) is 10.6. The molecule has 1 aromatic heterocycles. The van der Waals surface area contributed by atoms with Crippen LogP contribution in [0.25, 0.3) is 21.5 Å². The number of aromatic nitrogens is 1. The van der Waals surface area contributed by atoms with Crippen LogP contribution in [0.3, 0.4) is 0 Å². The number of benzene rings is 3. The van der Waals surface area contributed by atoms with Gasteiger partial charge in [0.15, 0.2) is 0 Å². The second-order valence-electron chi connectivity index (χ2n) is 4.61. The van der Waals surface area contributed by atoms with Crippen molar-refractivity contribution in [2.24, 2.45) is 0 Å². The van der Waals surface area contributed by atoms with Crippen LogP contribution in [-0.2, 0) is 0 Å². The van der Waals surface area contributed by atoms with Crippen LogP contribution in [-0.4, -0.2) is 4.98 Å². The Hall–Kier alpha value is -2.39. The fourth-order valence-corrected chi connectivity index (χ4v) is 2.85. The van der Waals surface area contributed by atoms with Crippen LogP contribution in [0, 0.1) is 0 Å². The van der Waals surface area contributed by atoms with Crippen molar-refractivity contribution >= 4 is 32.9 Å². The third-order valence-electron chi connectivity index (χ3n) is 3.29.